The summed E-state index contributed by atoms with van der Waals surface area (Å²) >= 11 is 0. The third kappa shape index (κ3) is 29.7. The van der Waals surface area contributed by atoms with Gasteiger partial charge in [0, 0.05) is 6.42 Å². The number of carboxylic acid groups (broad SMARTS) is 1. The van der Waals surface area contributed by atoms with Crippen molar-refractivity contribution in [3.63, 3.8) is 0 Å². The van der Waals surface area contributed by atoms with Crippen LogP contribution in [0.5, 0.6) is 0 Å². The molecule has 0 rings (SSSR count). The van der Waals surface area contributed by atoms with Crippen molar-refractivity contribution in [2.45, 2.75) is 129 Å². The molecule has 0 bridgehead atoms. The Labute approximate surface area is 245 Å². The highest BCUT2D eigenvalue weighted by Gasteiger charge is 2.10. The van der Waals surface area contributed by atoms with Gasteiger partial charge in [-0.15, -0.1) is 0 Å². The molecule has 0 spiro atoms. The van der Waals surface area contributed by atoms with E-state index in [0.717, 1.165) is 70.6 Å². The fourth-order valence-electron chi connectivity index (χ4n) is 3.85. The summed E-state index contributed by atoms with van der Waals surface area (Å²) in [6, 6.07) is 0. The van der Waals surface area contributed by atoms with Gasteiger partial charge in [0.2, 0.25) is 0 Å². The summed E-state index contributed by atoms with van der Waals surface area (Å²) in [7, 11) is 0. The van der Waals surface area contributed by atoms with Crippen molar-refractivity contribution in [1.29, 1.82) is 0 Å². The molecule has 224 valence electrons. The molecule has 0 aromatic rings. The average Bonchev–Trinajstić information content (AvgIpc) is 2.93. The fraction of sp³-hybridized carbons (Fsp3) is 0.556. The van der Waals surface area contributed by atoms with Crippen LogP contribution in [0.4, 0.5) is 0 Å². The van der Waals surface area contributed by atoms with E-state index in [9.17, 15) is 9.59 Å². The van der Waals surface area contributed by atoms with Crippen molar-refractivity contribution in [2.75, 3.05) is 0 Å². The minimum atomic E-state index is -0.743. The Hall–Kier alpha value is -2.88. The SMILES string of the molecule is CC/C=C\C/C=C\C/C=C\C/C=C\C/C=C\CC(=O)OC(/C=C\C/C=C\CCCCC)CCCCCCC(=O)O. The smallest absolute Gasteiger partial charge is 0.310 e. The summed E-state index contributed by atoms with van der Waals surface area (Å²) in [5.41, 5.74) is 0. The first-order chi connectivity index (χ1) is 19.6. The highest BCUT2D eigenvalue weighted by atomic mass is 16.5. The van der Waals surface area contributed by atoms with Crippen LogP contribution in [0.3, 0.4) is 0 Å². The lowest BCUT2D eigenvalue weighted by Crippen LogP contribution is -2.15. The lowest BCUT2D eigenvalue weighted by atomic mass is 10.1. The van der Waals surface area contributed by atoms with E-state index < -0.39 is 5.97 Å². The van der Waals surface area contributed by atoms with Gasteiger partial charge >= 0.3 is 11.9 Å². The zero-order valence-corrected chi connectivity index (χ0v) is 25.4. The summed E-state index contributed by atoms with van der Waals surface area (Å²) in [5, 5.41) is 8.78. The third-order valence-electron chi connectivity index (χ3n) is 6.12. The summed E-state index contributed by atoms with van der Waals surface area (Å²) in [6.45, 7) is 4.35. The minimum Gasteiger partial charge on any atom is -0.481 e. The molecule has 1 unspecified atom stereocenters. The molecular weight excluding hydrogens is 496 g/mol. The number of carbonyl (C=O) groups is 2. The van der Waals surface area contributed by atoms with E-state index in [4.69, 9.17) is 9.84 Å². The molecule has 0 saturated heterocycles. The first-order valence-corrected chi connectivity index (χ1v) is 15.6. The van der Waals surface area contributed by atoms with E-state index in [-0.39, 0.29) is 24.9 Å². The van der Waals surface area contributed by atoms with E-state index in [1.165, 1.54) is 19.3 Å². The van der Waals surface area contributed by atoms with E-state index in [1.54, 1.807) is 0 Å². The topological polar surface area (TPSA) is 63.6 Å². The van der Waals surface area contributed by atoms with Gasteiger partial charge in [-0.3, -0.25) is 9.59 Å². The molecule has 0 heterocycles. The summed E-state index contributed by atoms with van der Waals surface area (Å²) < 4.78 is 5.74. The first-order valence-electron chi connectivity index (χ1n) is 15.6. The number of hydrogen-bond donors (Lipinski definition) is 1. The summed E-state index contributed by atoms with van der Waals surface area (Å²) in [6.07, 6.45) is 44.7. The van der Waals surface area contributed by atoms with E-state index in [1.807, 2.05) is 18.2 Å². The molecule has 0 aliphatic heterocycles. The maximum atomic E-state index is 12.4. The normalized spacial score (nSPS) is 13.4. The maximum Gasteiger partial charge on any atom is 0.310 e. The van der Waals surface area contributed by atoms with Crippen molar-refractivity contribution in [3.8, 4) is 0 Å². The van der Waals surface area contributed by atoms with Crippen LogP contribution in [0, 0.1) is 0 Å². The first kappa shape index (κ1) is 37.1. The molecule has 0 aliphatic rings. The molecule has 0 fully saturated rings. The van der Waals surface area contributed by atoms with Crippen LogP contribution < -0.4 is 0 Å². The minimum absolute atomic E-state index is 0.211. The van der Waals surface area contributed by atoms with Crippen LogP contribution in [-0.4, -0.2) is 23.1 Å². The van der Waals surface area contributed by atoms with Gasteiger partial charge in [0.05, 0.1) is 6.42 Å². The molecule has 0 aromatic heterocycles. The summed E-state index contributed by atoms with van der Waals surface area (Å²) in [5.74, 6) is -0.954. The molecule has 40 heavy (non-hydrogen) atoms. The summed E-state index contributed by atoms with van der Waals surface area (Å²) in [4.78, 5) is 23.1. The Morgan fingerprint density at radius 2 is 1.18 bits per heavy atom. The van der Waals surface area contributed by atoms with Gasteiger partial charge in [-0.05, 0) is 76.7 Å². The number of unbranched alkanes of at least 4 members (excludes halogenated alkanes) is 6. The molecular formula is C36H56O4. The van der Waals surface area contributed by atoms with Crippen LogP contribution in [0.25, 0.3) is 0 Å². The van der Waals surface area contributed by atoms with Crippen molar-refractivity contribution < 1.29 is 19.4 Å². The van der Waals surface area contributed by atoms with Crippen LogP contribution in [0.2, 0.25) is 0 Å². The molecule has 1 N–H and O–H groups in total. The van der Waals surface area contributed by atoms with Gasteiger partial charge in [0.25, 0.3) is 0 Å². The molecule has 4 heteroatoms. The standard InChI is InChI=1S/C36H56O4/c1-3-5-7-9-11-13-14-15-16-17-18-19-21-23-29-33-36(39)40-34(31-27-24-25-28-32-35(37)38)30-26-22-20-12-10-8-6-4-2/h5,7,11-13,15-16,18-20,23,26,29-30,34H,3-4,6,8-10,14,17,21-22,24-25,27-28,31-33H2,1-2H3,(H,37,38)/b7-5-,13-11-,16-15-,19-18-,20-12-,29-23-,30-26-. The quantitative estimate of drug-likeness (QED) is 0.0658. The number of ether oxygens (including phenoxy) is 1. The van der Waals surface area contributed by atoms with E-state index in [2.05, 4.69) is 80.7 Å². The van der Waals surface area contributed by atoms with Gasteiger partial charge in [0.15, 0.2) is 0 Å². The lowest BCUT2D eigenvalue weighted by Gasteiger charge is -2.14. The third-order valence-corrected chi connectivity index (χ3v) is 6.12. The number of rotatable bonds is 26. The number of carbonyl (C=O) groups excluding carboxylic acids is 1. The van der Waals surface area contributed by atoms with Crippen LogP contribution in [0.1, 0.15) is 123 Å². The van der Waals surface area contributed by atoms with Crippen molar-refractivity contribution in [2.24, 2.45) is 0 Å². The van der Waals surface area contributed by atoms with E-state index in [0.29, 0.717) is 6.42 Å². The average molecular weight is 553 g/mol. The van der Waals surface area contributed by atoms with Crippen LogP contribution >= 0.6 is 0 Å². The van der Waals surface area contributed by atoms with Crippen molar-refractivity contribution >= 4 is 11.9 Å². The highest BCUT2D eigenvalue weighted by Crippen LogP contribution is 2.12. The Morgan fingerprint density at radius 1 is 0.625 bits per heavy atom. The number of aliphatic carboxylic acids is 1. The maximum absolute atomic E-state index is 12.4. The van der Waals surface area contributed by atoms with Gasteiger partial charge in [0.1, 0.15) is 6.10 Å². The number of carboxylic acids is 1. The Bertz CT molecular complexity index is 811. The van der Waals surface area contributed by atoms with E-state index >= 15 is 0 Å². The number of hydrogen-bond acceptors (Lipinski definition) is 3. The predicted octanol–water partition coefficient (Wildman–Crippen LogP) is 10.5. The lowest BCUT2D eigenvalue weighted by molar-refractivity contribution is -0.146. The molecule has 4 nitrogen and oxygen atoms in total. The molecule has 1 atom stereocenters. The Morgan fingerprint density at radius 3 is 1.77 bits per heavy atom. The molecule has 0 amide bonds. The molecule has 0 saturated carbocycles. The largest absolute Gasteiger partial charge is 0.481 e. The zero-order valence-electron chi connectivity index (χ0n) is 25.4. The van der Waals surface area contributed by atoms with Crippen LogP contribution in [-0.2, 0) is 14.3 Å². The number of allylic oxidation sites excluding steroid dienone is 12. The second-order valence-corrected chi connectivity index (χ2v) is 9.92. The fourth-order valence-corrected chi connectivity index (χ4v) is 3.85. The second-order valence-electron chi connectivity index (χ2n) is 9.92. The monoisotopic (exact) mass is 552 g/mol. The van der Waals surface area contributed by atoms with Crippen molar-refractivity contribution in [3.05, 3.63) is 85.1 Å². The molecule has 0 radical (unpaired) electrons. The Balaban J connectivity index is 4.34. The Kier molecular flexibility index (Phi) is 28.5. The van der Waals surface area contributed by atoms with Crippen LogP contribution in [0.15, 0.2) is 85.1 Å². The zero-order chi connectivity index (χ0) is 29.4. The second kappa shape index (κ2) is 30.7. The molecule has 0 aromatic carbocycles. The number of esters is 1. The van der Waals surface area contributed by atoms with Crippen molar-refractivity contribution in [1.82, 2.24) is 0 Å². The van der Waals surface area contributed by atoms with Gasteiger partial charge in [-0.25, -0.2) is 0 Å². The molecule has 0 aliphatic carbocycles. The highest BCUT2D eigenvalue weighted by molar-refractivity contribution is 5.71. The van der Waals surface area contributed by atoms with Gasteiger partial charge < -0.3 is 9.84 Å². The predicted molar refractivity (Wildman–Crippen MR) is 171 cm³/mol. The van der Waals surface area contributed by atoms with Gasteiger partial charge in [-0.2, -0.15) is 0 Å². The van der Waals surface area contributed by atoms with Gasteiger partial charge in [-0.1, -0.05) is 119 Å².